The largest absolute Gasteiger partial charge is 0.496 e. The Kier molecular flexibility index (Phi) is 4.66. The molecule has 2 fully saturated rings. The van der Waals surface area contributed by atoms with Gasteiger partial charge in [0.1, 0.15) is 5.75 Å². The van der Waals surface area contributed by atoms with E-state index in [1.54, 1.807) is 7.11 Å². The second kappa shape index (κ2) is 6.87. The minimum absolute atomic E-state index is 0.00951. The van der Waals surface area contributed by atoms with Crippen LogP contribution in [0.15, 0.2) is 24.3 Å². The first-order valence-electron chi connectivity index (χ1n) is 7.83. The van der Waals surface area contributed by atoms with E-state index in [0.29, 0.717) is 26.2 Å². The smallest absolute Gasteiger partial charge is 0.317 e. The van der Waals surface area contributed by atoms with Crippen molar-refractivity contribution < 1.29 is 14.3 Å². The van der Waals surface area contributed by atoms with Gasteiger partial charge < -0.3 is 20.3 Å². The molecule has 2 aliphatic heterocycles. The van der Waals surface area contributed by atoms with Gasteiger partial charge in [-0.2, -0.15) is 0 Å². The van der Waals surface area contributed by atoms with Gasteiger partial charge in [-0.25, -0.2) is 4.79 Å². The second-order valence-electron chi connectivity index (χ2n) is 5.86. The molecule has 2 heterocycles. The summed E-state index contributed by atoms with van der Waals surface area (Å²) in [6.07, 6.45) is 0. The number of hydrogen-bond acceptors (Lipinski definition) is 4. The highest BCUT2D eigenvalue weighted by Crippen LogP contribution is 2.17. The van der Waals surface area contributed by atoms with Gasteiger partial charge in [-0.15, -0.1) is 0 Å². The molecule has 1 atom stereocenters. The molecule has 2 saturated heterocycles. The molecule has 0 bridgehead atoms. The molecule has 7 nitrogen and oxygen atoms in total. The number of carbonyl (C=O) groups is 2. The van der Waals surface area contributed by atoms with Crippen LogP contribution in [0.25, 0.3) is 0 Å². The molecule has 0 unspecified atom stereocenters. The minimum atomic E-state index is -0.0124. The maximum absolute atomic E-state index is 12.2. The fraction of sp³-hybridized carbons (Fsp3) is 0.500. The Labute approximate surface area is 135 Å². The molecule has 0 spiro atoms. The quantitative estimate of drug-likeness (QED) is 0.803. The van der Waals surface area contributed by atoms with Crippen LogP contribution in [0.2, 0.25) is 0 Å². The fourth-order valence-electron chi connectivity index (χ4n) is 3.11. The van der Waals surface area contributed by atoms with Crippen LogP contribution in [0.1, 0.15) is 5.56 Å². The first kappa shape index (κ1) is 15.6. The summed E-state index contributed by atoms with van der Waals surface area (Å²) in [5.74, 6) is 0.763. The van der Waals surface area contributed by atoms with Crippen molar-refractivity contribution in [3.8, 4) is 5.75 Å². The summed E-state index contributed by atoms with van der Waals surface area (Å²) in [6.45, 7) is 3.61. The molecule has 1 aromatic rings. The van der Waals surface area contributed by atoms with E-state index < -0.39 is 0 Å². The Morgan fingerprint density at radius 1 is 1.39 bits per heavy atom. The molecule has 7 heteroatoms. The van der Waals surface area contributed by atoms with Crippen LogP contribution < -0.4 is 15.4 Å². The van der Waals surface area contributed by atoms with Gasteiger partial charge in [0.15, 0.2) is 0 Å². The Bertz CT molecular complexity index is 592. The zero-order chi connectivity index (χ0) is 16.2. The van der Waals surface area contributed by atoms with Gasteiger partial charge in [0.25, 0.3) is 0 Å². The number of para-hydroxylation sites is 1. The van der Waals surface area contributed by atoms with Crippen molar-refractivity contribution in [2.75, 3.05) is 39.8 Å². The number of hydrogen-bond donors (Lipinski definition) is 2. The summed E-state index contributed by atoms with van der Waals surface area (Å²) >= 11 is 0. The summed E-state index contributed by atoms with van der Waals surface area (Å²) in [5, 5.41) is 5.77. The Morgan fingerprint density at radius 2 is 2.22 bits per heavy atom. The highest BCUT2D eigenvalue weighted by atomic mass is 16.5. The monoisotopic (exact) mass is 318 g/mol. The molecule has 0 radical (unpaired) electrons. The highest BCUT2D eigenvalue weighted by Gasteiger charge is 2.35. The third-order valence-electron chi connectivity index (χ3n) is 4.35. The van der Waals surface area contributed by atoms with E-state index in [4.69, 9.17) is 4.74 Å². The average Bonchev–Trinajstić information content (AvgIpc) is 2.94. The van der Waals surface area contributed by atoms with Gasteiger partial charge in [-0.3, -0.25) is 9.69 Å². The van der Waals surface area contributed by atoms with E-state index in [-0.39, 0.29) is 18.0 Å². The van der Waals surface area contributed by atoms with Gasteiger partial charge in [0, 0.05) is 38.3 Å². The number of piperazine rings is 1. The number of rotatable bonds is 5. The highest BCUT2D eigenvalue weighted by molar-refractivity contribution is 5.79. The molecule has 0 aromatic heterocycles. The third kappa shape index (κ3) is 3.56. The molecular weight excluding hydrogens is 296 g/mol. The zero-order valence-corrected chi connectivity index (χ0v) is 13.2. The number of nitrogens with one attached hydrogen (secondary N) is 2. The predicted octanol–water partition coefficient (Wildman–Crippen LogP) is 0.0208. The van der Waals surface area contributed by atoms with E-state index in [9.17, 15) is 9.59 Å². The summed E-state index contributed by atoms with van der Waals surface area (Å²) < 4.78 is 5.28. The molecule has 0 saturated carbocycles. The third-order valence-corrected chi connectivity index (χ3v) is 4.35. The van der Waals surface area contributed by atoms with Crippen LogP contribution in [-0.2, 0) is 11.3 Å². The number of carbonyl (C=O) groups excluding carboxylic acids is 2. The van der Waals surface area contributed by atoms with E-state index in [2.05, 4.69) is 15.5 Å². The van der Waals surface area contributed by atoms with Crippen molar-refractivity contribution in [2.24, 2.45) is 0 Å². The van der Waals surface area contributed by atoms with E-state index in [0.717, 1.165) is 24.4 Å². The number of methoxy groups -OCH3 is 1. The second-order valence-corrected chi connectivity index (χ2v) is 5.86. The van der Waals surface area contributed by atoms with Gasteiger partial charge >= 0.3 is 6.03 Å². The number of urea groups is 1. The SMILES string of the molecule is COc1ccccc1CNC(=O)CN1CCN2C(=O)NC[C@H]2C1. The van der Waals surface area contributed by atoms with Gasteiger partial charge in [0.05, 0.1) is 19.7 Å². The maximum Gasteiger partial charge on any atom is 0.317 e. The zero-order valence-electron chi connectivity index (χ0n) is 13.2. The normalized spacial score (nSPS) is 20.8. The molecule has 3 amide bonds. The summed E-state index contributed by atoms with van der Waals surface area (Å²) in [6, 6.07) is 7.83. The molecule has 124 valence electrons. The van der Waals surface area contributed by atoms with Gasteiger partial charge in [0.2, 0.25) is 5.91 Å². The predicted molar refractivity (Wildman–Crippen MR) is 85.2 cm³/mol. The van der Waals surface area contributed by atoms with Crippen LogP contribution in [-0.4, -0.2) is 67.6 Å². The lowest BCUT2D eigenvalue weighted by Gasteiger charge is -2.35. The summed E-state index contributed by atoms with van der Waals surface area (Å²) in [7, 11) is 1.62. The lowest BCUT2D eigenvalue weighted by Crippen LogP contribution is -2.54. The number of nitrogens with zero attached hydrogens (tertiary/aromatic N) is 2. The molecule has 3 rings (SSSR count). The molecule has 2 aliphatic rings. The van der Waals surface area contributed by atoms with Crippen LogP contribution in [0, 0.1) is 0 Å². The minimum Gasteiger partial charge on any atom is -0.496 e. The molecule has 0 aliphatic carbocycles. The van der Waals surface area contributed by atoms with E-state index >= 15 is 0 Å². The molecule has 1 aromatic carbocycles. The summed E-state index contributed by atoms with van der Waals surface area (Å²) in [5.41, 5.74) is 0.957. The number of fused-ring (bicyclic) bond motifs is 1. The maximum atomic E-state index is 12.2. The number of benzene rings is 1. The Morgan fingerprint density at radius 3 is 3.04 bits per heavy atom. The molecule has 2 N–H and O–H groups in total. The summed E-state index contributed by atoms with van der Waals surface area (Å²) in [4.78, 5) is 27.7. The standard InChI is InChI=1S/C16H22N4O3/c1-23-14-5-3-2-4-12(14)8-17-15(21)11-19-6-7-20-13(10-19)9-18-16(20)22/h2-5,13H,6-11H2,1H3,(H,17,21)(H,18,22)/t13-/m0/s1. The Balaban J connectivity index is 1.47. The lowest BCUT2D eigenvalue weighted by atomic mass is 10.2. The van der Waals surface area contributed by atoms with Crippen LogP contribution in [0.4, 0.5) is 4.79 Å². The van der Waals surface area contributed by atoms with E-state index in [1.165, 1.54) is 0 Å². The molecular formula is C16H22N4O3. The first-order chi connectivity index (χ1) is 11.2. The van der Waals surface area contributed by atoms with Crippen molar-refractivity contribution >= 4 is 11.9 Å². The van der Waals surface area contributed by atoms with Crippen molar-refractivity contribution in [1.82, 2.24) is 20.4 Å². The fourth-order valence-corrected chi connectivity index (χ4v) is 3.11. The number of amides is 3. The van der Waals surface area contributed by atoms with Crippen molar-refractivity contribution in [1.29, 1.82) is 0 Å². The van der Waals surface area contributed by atoms with Crippen LogP contribution in [0.3, 0.4) is 0 Å². The average molecular weight is 318 g/mol. The molecule has 23 heavy (non-hydrogen) atoms. The van der Waals surface area contributed by atoms with Crippen molar-refractivity contribution in [3.05, 3.63) is 29.8 Å². The van der Waals surface area contributed by atoms with Gasteiger partial charge in [-0.05, 0) is 6.07 Å². The lowest BCUT2D eigenvalue weighted by molar-refractivity contribution is -0.122. The first-order valence-corrected chi connectivity index (χ1v) is 7.83. The van der Waals surface area contributed by atoms with Crippen molar-refractivity contribution in [2.45, 2.75) is 12.6 Å². The van der Waals surface area contributed by atoms with Crippen LogP contribution >= 0.6 is 0 Å². The van der Waals surface area contributed by atoms with E-state index in [1.807, 2.05) is 29.2 Å². The Hall–Kier alpha value is -2.28. The van der Waals surface area contributed by atoms with Crippen LogP contribution in [0.5, 0.6) is 5.75 Å². The number of ether oxygens (including phenoxy) is 1. The van der Waals surface area contributed by atoms with Crippen molar-refractivity contribution in [3.63, 3.8) is 0 Å². The topological polar surface area (TPSA) is 73.9 Å². The van der Waals surface area contributed by atoms with Gasteiger partial charge in [-0.1, -0.05) is 18.2 Å².